The molecule has 4 rings (SSSR count). The number of anilines is 1. The number of benzene rings is 3. The zero-order chi connectivity index (χ0) is 21.8. The Kier molecular flexibility index (Phi) is 6.14. The minimum atomic E-state index is -0.192. The maximum Gasteiger partial charge on any atom is 0.262 e. The van der Waals surface area contributed by atoms with E-state index in [9.17, 15) is 4.79 Å². The van der Waals surface area contributed by atoms with Crippen LogP contribution in [0.5, 0.6) is 5.75 Å². The number of nitrogens with one attached hydrogen (secondary N) is 1. The average Bonchev–Trinajstić information content (AvgIpc) is 3.14. The number of ether oxygens (including phenoxy) is 1. The second-order valence-electron chi connectivity index (χ2n) is 7.53. The molecule has 0 aliphatic carbocycles. The number of carbonyl (C=O) groups excluding carboxylic acids is 1. The van der Waals surface area contributed by atoms with Crippen molar-refractivity contribution in [2.75, 3.05) is 11.9 Å². The van der Waals surface area contributed by atoms with Crippen LogP contribution in [0, 0.1) is 20.8 Å². The number of amides is 1. The number of aromatic nitrogens is 1. The fraction of sp³-hybridized carbons (Fsp3) is 0.154. The van der Waals surface area contributed by atoms with Gasteiger partial charge in [0.25, 0.3) is 5.91 Å². The van der Waals surface area contributed by atoms with Gasteiger partial charge in [-0.2, -0.15) is 0 Å². The van der Waals surface area contributed by atoms with Crippen LogP contribution in [0.25, 0.3) is 21.8 Å². The van der Waals surface area contributed by atoms with Gasteiger partial charge in [0.2, 0.25) is 0 Å². The lowest BCUT2D eigenvalue weighted by atomic mass is 10.1. The summed E-state index contributed by atoms with van der Waals surface area (Å²) in [7, 11) is 0. The van der Waals surface area contributed by atoms with Crippen molar-refractivity contribution in [1.82, 2.24) is 4.98 Å². The molecule has 0 saturated heterocycles. The van der Waals surface area contributed by atoms with Crippen molar-refractivity contribution in [3.63, 3.8) is 0 Å². The second kappa shape index (κ2) is 9.14. The maximum atomic E-state index is 12.3. The average molecular weight is 429 g/mol. The first-order chi connectivity index (χ1) is 15.0. The first-order valence-corrected chi connectivity index (χ1v) is 10.9. The Hall–Kier alpha value is -3.44. The molecule has 0 spiro atoms. The number of hydrogen-bond donors (Lipinski definition) is 1. The van der Waals surface area contributed by atoms with Crippen LogP contribution in [0.1, 0.15) is 16.0 Å². The van der Waals surface area contributed by atoms with E-state index in [0.29, 0.717) is 5.75 Å². The van der Waals surface area contributed by atoms with Gasteiger partial charge in [0.15, 0.2) is 6.61 Å². The third-order valence-electron chi connectivity index (χ3n) is 4.82. The molecule has 1 N–H and O–H groups in total. The second-order valence-corrected chi connectivity index (χ2v) is 8.73. The monoisotopic (exact) mass is 428 g/mol. The van der Waals surface area contributed by atoms with Crippen molar-refractivity contribution in [3.05, 3.63) is 88.8 Å². The summed E-state index contributed by atoms with van der Waals surface area (Å²) >= 11 is 1.69. The first-order valence-electron chi connectivity index (χ1n) is 10.1. The highest BCUT2D eigenvalue weighted by molar-refractivity contribution is 7.15. The fourth-order valence-electron chi connectivity index (χ4n) is 3.44. The molecule has 0 bridgehead atoms. The van der Waals surface area contributed by atoms with Gasteiger partial charge < -0.3 is 10.1 Å². The summed E-state index contributed by atoms with van der Waals surface area (Å²) in [6.07, 6.45) is 0. The molecule has 1 amide bonds. The zero-order valence-corrected chi connectivity index (χ0v) is 18.6. The fourth-order valence-corrected chi connectivity index (χ4v) is 4.38. The summed E-state index contributed by atoms with van der Waals surface area (Å²) in [4.78, 5) is 18.3. The number of nitrogens with zero attached hydrogens (tertiary/aromatic N) is 1. The maximum absolute atomic E-state index is 12.3. The van der Waals surface area contributed by atoms with E-state index < -0.39 is 0 Å². The minimum absolute atomic E-state index is 0.0315. The Morgan fingerprint density at radius 2 is 1.58 bits per heavy atom. The zero-order valence-electron chi connectivity index (χ0n) is 17.8. The standard InChI is InChI=1S/C26H24N2O2S/c1-17-13-18(2)15-23(14-17)30-16-24(29)27-22-11-9-20(10-12-22)25-19(3)31-26(28-25)21-7-5-4-6-8-21/h4-15H,16H2,1-3H3,(H,27,29). The summed E-state index contributed by atoms with van der Waals surface area (Å²) in [6, 6.07) is 23.9. The van der Waals surface area contributed by atoms with Crippen LogP contribution in [-0.4, -0.2) is 17.5 Å². The molecule has 156 valence electrons. The molecule has 4 aromatic rings. The van der Waals surface area contributed by atoms with Crippen LogP contribution in [0.2, 0.25) is 0 Å². The van der Waals surface area contributed by atoms with Gasteiger partial charge >= 0.3 is 0 Å². The smallest absolute Gasteiger partial charge is 0.262 e. The van der Waals surface area contributed by atoms with Gasteiger partial charge in [0.1, 0.15) is 10.8 Å². The van der Waals surface area contributed by atoms with Crippen molar-refractivity contribution in [1.29, 1.82) is 0 Å². The first kappa shape index (κ1) is 20.8. The molecule has 5 heteroatoms. The molecule has 3 aromatic carbocycles. The Labute approximate surface area is 186 Å². The summed E-state index contributed by atoms with van der Waals surface area (Å²) < 4.78 is 5.63. The Balaban J connectivity index is 1.40. The Morgan fingerprint density at radius 1 is 0.903 bits per heavy atom. The van der Waals surface area contributed by atoms with Crippen LogP contribution in [0.4, 0.5) is 5.69 Å². The lowest BCUT2D eigenvalue weighted by Gasteiger charge is -2.09. The van der Waals surface area contributed by atoms with Gasteiger partial charge in [-0.05, 0) is 56.2 Å². The molecule has 0 saturated carbocycles. The number of carbonyl (C=O) groups is 1. The third kappa shape index (κ3) is 5.19. The van der Waals surface area contributed by atoms with Crippen LogP contribution in [0.3, 0.4) is 0 Å². The third-order valence-corrected chi connectivity index (χ3v) is 5.84. The van der Waals surface area contributed by atoms with Gasteiger partial charge in [0.05, 0.1) is 5.69 Å². The summed E-state index contributed by atoms with van der Waals surface area (Å²) in [5.41, 5.74) is 6.07. The lowest BCUT2D eigenvalue weighted by molar-refractivity contribution is -0.118. The number of rotatable bonds is 6. The molecule has 31 heavy (non-hydrogen) atoms. The highest BCUT2D eigenvalue weighted by Gasteiger charge is 2.12. The SMILES string of the molecule is Cc1cc(C)cc(OCC(=O)Nc2ccc(-c3nc(-c4ccccc4)sc3C)cc2)c1. The minimum Gasteiger partial charge on any atom is -0.484 e. The van der Waals surface area contributed by atoms with Gasteiger partial charge in [0, 0.05) is 21.7 Å². The molecule has 0 unspecified atom stereocenters. The molecule has 1 aromatic heterocycles. The molecule has 4 nitrogen and oxygen atoms in total. The van der Waals surface area contributed by atoms with Gasteiger partial charge in [-0.15, -0.1) is 11.3 Å². The Bertz CT molecular complexity index is 1180. The number of aryl methyl sites for hydroxylation is 3. The number of thiazole rings is 1. The van der Waals surface area contributed by atoms with Crippen molar-refractivity contribution in [2.24, 2.45) is 0 Å². The van der Waals surface area contributed by atoms with Crippen LogP contribution in [0.15, 0.2) is 72.8 Å². The molecular formula is C26H24N2O2S. The van der Waals surface area contributed by atoms with Gasteiger partial charge in [-0.1, -0.05) is 48.5 Å². The molecule has 0 aliphatic heterocycles. The van der Waals surface area contributed by atoms with E-state index in [1.807, 2.05) is 68.4 Å². The Morgan fingerprint density at radius 3 is 2.26 bits per heavy atom. The molecule has 0 radical (unpaired) electrons. The quantitative estimate of drug-likeness (QED) is 0.385. The van der Waals surface area contributed by atoms with E-state index in [1.54, 1.807) is 11.3 Å². The summed E-state index contributed by atoms with van der Waals surface area (Å²) in [6.45, 7) is 6.07. The van der Waals surface area contributed by atoms with E-state index >= 15 is 0 Å². The van der Waals surface area contributed by atoms with E-state index in [4.69, 9.17) is 9.72 Å². The topological polar surface area (TPSA) is 51.2 Å². The molecule has 0 aliphatic rings. The lowest BCUT2D eigenvalue weighted by Crippen LogP contribution is -2.20. The van der Waals surface area contributed by atoms with Crippen LogP contribution >= 0.6 is 11.3 Å². The predicted molar refractivity (Wildman–Crippen MR) is 128 cm³/mol. The van der Waals surface area contributed by atoms with Crippen LogP contribution in [-0.2, 0) is 4.79 Å². The summed E-state index contributed by atoms with van der Waals surface area (Å²) in [5, 5.41) is 3.89. The largest absolute Gasteiger partial charge is 0.484 e. The van der Waals surface area contributed by atoms with Crippen molar-refractivity contribution >= 4 is 22.9 Å². The van der Waals surface area contributed by atoms with E-state index in [1.165, 1.54) is 0 Å². The van der Waals surface area contributed by atoms with E-state index in [0.717, 1.165) is 43.5 Å². The molecule has 0 fully saturated rings. The molecular weight excluding hydrogens is 404 g/mol. The van der Waals surface area contributed by atoms with E-state index in [2.05, 4.69) is 30.4 Å². The van der Waals surface area contributed by atoms with E-state index in [-0.39, 0.29) is 12.5 Å². The normalized spacial score (nSPS) is 10.7. The molecule has 1 heterocycles. The predicted octanol–water partition coefficient (Wildman–Crippen LogP) is 6.42. The van der Waals surface area contributed by atoms with Gasteiger partial charge in [-0.3, -0.25) is 4.79 Å². The van der Waals surface area contributed by atoms with Crippen molar-refractivity contribution < 1.29 is 9.53 Å². The molecule has 0 atom stereocenters. The van der Waals surface area contributed by atoms with Crippen molar-refractivity contribution in [3.8, 4) is 27.6 Å². The highest BCUT2D eigenvalue weighted by Crippen LogP contribution is 2.33. The number of hydrogen-bond acceptors (Lipinski definition) is 4. The van der Waals surface area contributed by atoms with Crippen LogP contribution < -0.4 is 10.1 Å². The highest BCUT2D eigenvalue weighted by atomic mass is 32.1. The van der Waals surface area contributed by atoms with Gasteiger partial charge in [-0.25, -0.2) is 4.98 Å². The van der Waals surface area contributed by atoms with Crippen molar-refractivity contribution in [2.45, 2.75) is 20.8 Å². The summed E-state index contributed by atoms with van der Waals surface area (Å²) in [5.74, 6) is 0.513.